The van der Waals surface area contributed by atoms with Crippen molar-refractivity contribution in [3.8, 4) is 0 Å². The zero-order valence-corrected chi connectivity index (χ0v) is 8.00. The Bertz CT molecular complexity index is 206. The van der Waals surface area contributed by atoms with Crippen molar-refractivity contribution in [2.75, 3.05) is 7.05 Å². The van der Waals surface area contributed by atoms with Crippen molar-refractivity contribution in [1.82, 2.24) is 5.32 Å². The van der Waals surface area contributed by atoms with Crippen molar-refractivity contribution in [1.29, 1.82) is 0 Å². The summed E-state index contributed by atoms with van der Waals surface area (Å²) >= 11 is 0. The van der Waals surface area contributed by atoms with E-state index in [1.165, 1.54) is 5.56 Å². The Kier molecular flexibility index (Phi) is 3.35. The average Bonchev–Trinajstić information content (AvgIpc) is 2.56. The monoisotopic (exact) mass is 167 g/mol. The van der Waals surface area contributed by atoms with E-state index in [0.717, 1.165) is 6.42 Å². The molecule has 1 heterocycles. The van der Waals surface area contributed by atoms with Crippen LogP contribution in [-0.4, -0.2) is 13.1 Å². The lowest BCUT2D eigenvalue weighted by molar-refractivity contribution is 0.507. The smallest absolute Gasteiger partial charge is 0.0937 e. The molecule has 2 nitrogen and oxygen atoms in total. The van der Waals surface area contributed by atoms with Crippen LogP contribution in [0, 0.1) is 0 Å². The van der Waals surface area contributed by atoms with Crippen molar-refractivity contribution < 1.29 is 4.42 Å². The van der Waals surface area contributed by atoms with Gasteiger partial charge in [0.2, 0.25) is 0 Å². The quantitative estimate of drug-likeness (QED) is 0.744. The lowest BCUT2D eigenvalue weighted by atomic mass is 9.97. The fourth-order valence-electron chi connectivity index (χ4n) is 1.34. The molecule has 2 unspecified atom stereocenters. The van der Waals surface area contributed by atoms with E-state index in [4.69, 9.17) is 4.42 Å². The molecular formula is C10H17NO. The second-order valence-electron chi connectivity index (χ2n) is 3.38. The highest BCUT2D eigenvalue weighted by molar-refractivity contribution is 5.11. The van der Waals surface area contributed by atoms with Gasteiger partial charge in [0.15, 0.2) is 0 Å². The molecular weight excluding hydrogens is 150 g/mol. The minimum absolute atomic E-state index is 0.565. The third-order valence-corrected chi connectivity index (χ3v) is 2.31. The van der Waals surface area contributed by atoms with E-state index < -0.39 is 0 Å². The van der Waals surface area contributed by atoms with E-state index in [2.05, 4.69) is 19.2 Å². The summed E-state index contributed by atoms with van der Waals surface area (Å²) in [5, 5.41) is 3.23. The Morgan fingerprint density at radius 1 is 1.50 bits per heavy atom. The lowest BCUT2D eigenvalue weighted by Crippen LogP contribution is -2.22. The highest BCUT2D eigenvalue weighted by atomic mass is 16.3. The van der Waals surface area contributed by atoms with E-state index in [-0.39, 0.29) is 0 Å². The van der Waals surface area contributed by atoms with Gasteiger partial charge in [-0.1, -0.05) is 6.92 Å². The molecule has 0 aliphatic rings. The molecule has 12 heavy (non-hydrogen) atoms. The van der Waals surface area contributed by atoms with Gasteiger partial charge in [0.1, 0.15) is 0 Å². The van der Waals surface area contributed by atoms with Gasteiger partial charge in [-0.2, -0.15) is 0 Å². The highest BCUT2D eigenvalue weighted by Gasteiger charge is 2.09. The van der Waals surface area contributed by atoms with Crippen LogP contribution in [0.3, 0.4) is 0 Å². The molecule has 0 saturated heterocycles. The van der Waals surface area contributed by atoms with E-state index in [1.54, 1.807) is 6.26 Å². The molecule has 0 aliphatic carbocycles. The summed E-state index contributed by atoms with van der Waals surface area (Å²) in [5.74, 6) is 0.575. The molecule has 1 aromatic rings. The van der Waals surface area contributed by atoms with Crippen molar-refractivity contribution in [3.05, 3.63) is 24.2 Å². The summed E-state index contributed by atoms with van der Waals surface area (Å²) < 4.78 is 5.03. The lowest BCUT2D eigenvalue weighted by Gasteiger charge is -2.14. The predicted molar refractivity (Wildman–Crippen MR) is 50.3 cm³/mol. The first-order valence-electron chi connectivity index (χ1n) is 4.43. The van der Waals surface area contributed by atoms with Crippen molar-refractivity contribution >= 4 is 0 Å². The van der Waals surface area contributed by atoms with E-state index in [9.17, 15) is 0 Å². The van der Waals surface area contributed by atoms with Crippen LogP contribution in [0.2, 0.25) is 0 Å². The topological polar surface area (TPSA) is 25.2 Å². The van der Waals surface area contributed by atoms with E-state index in [1.807, 2.05) is 19.4 Å². The third kappa shape index (κ3) is 2.38. The number of furan rings is 1. The summed E-state index contributed by atoms with van der Waals surface area (Å²) in [6, 6.07) is 2.60. The van der Waals surface area contributed by atoms with Crippen LogP contribution in [-0.2, 0) is 0 Å². The minimum Gasteiger partial charge on any atom is -0.472 e. The number of hydrogen-bond donors (Lipinski definition) is 1. The van der Waals surface area contributed by atoms with Gasteiger partial charge in [-0.3, -0.25) is 0 Å². The maximum Gasteiger partial charge on any atom is 0.0937 e. The first kappa shape index (κ1) is 9.33. The second kappa shape index (κ2) is 4.31. The summed E-state index contributed by atoms with van der Waals surface area (Å²) in [5.41, 5.74) is 1.29. The van der Waals surface area contributed by atoms with Crippen LogP contribution >= 0.6 is 0 Å². The SMILES string of the molecule is CNC(C)CC(C)c1ccoc1. The van der Waals surface area contributed by atoms with Gasteiger partial charge in [-0.25, -0.2) is 0 Å². The van der Waals surface area contributed by atoms with Crippen molar-refractivity contribution in [2.45, 2.75) is 32.2 Å². The summed E-state index contributed by atoms with van der Waals surface area (Å²) in [7, 11) is 1.99. The number of rotatable bonds is 4. The Morgan fingerprint density at radius 2 is 2.25 bits per heavy atom. The van der Waals surface area contributed by atoms with Crippen molar-refractivity contribution in [2.24, 2.45) is 0 Å². The molecule has 1 rings (SSSR count). The second-order valence-corrected chi connectivity index (χ2v) is 3.38. The largest absolute Gasteiger partial charge is 0.472 e. The van der Waals surface area contributed by atoms with Gasteiger partial charge in [0.05, 0.1) is 12.5 Å². The minimum atomic E-state index is 0.565. The molecule has 2 heteroatoms. The van der Waals surface area contributed by atoms with Crippen LogP contribution in [0.25, 0.3) is 0 Å². The van der Waals surface area contributed by atoms with Crippen LogP contribution in [0.5, 0.6) is 0 Å². The summed E-state index contributed by atoms with van der Waals surface area (Å²) in [6.07, 6.45) is 4.71. The fraction of sp³-hybridized carbons (Fsp3) is 0.600. The van der Waals surface area contributed by atoms with E-state index >= 15 is 0 Å². The van der Waals surface area contributed by atoms with Gasteiger partial charge in [-0.15, -0.1) is 0 Å². The standard InChI is InChI=1S/C10H17NO/c1-8(6-9(2)11-3)10-4-5-12-7-10/h4-5,7-9,11H,6H2,1-3H3. The van der Waals surface area contributed by atoms with Gasteiger partial charge in [0.25, 0.3) is 0 Å². The molecule has 1 aromatic heterocycles. The molecule has 68 valence electrons. The maximum atomic E-state index is 5.03. The Balaban J connectivity index is 2.44. The van der Waals surface area contributed by atoms with Crippen molar-refractivity contribution in [3.63, 3.8) is 0 Å². The molecule has 0 saturated carbocycles. The van der Waals surface area contributed by atoms with Gasteiger partial charge < -0.3 is 9.73 Å². The van der Waals surface area contributed by atoms with Crippen LogP contribution in [0.1, 0.15) is 31.7 Å². The highest BCUT2D eigenvalue weighted by Crippen LogP contribution is 2.20. The Morgan fingerprint density at radius 3 is 2.75 bits per heavy atom. The first-order valence-corrected chi connectivity index (χ1v) is 4.43. The van der Waals surface area contributed by atoms with Gasteiger partial charge in [0, 0.05) is 6.04 Å². The molecule has 0 radical (unpaired) electrons. The molecule has 0 aromatic carbocycles. The zero-order valence-electron chi connectivity index (χ0n) is 8.00. The maximum absolute atomic E-state index is 5.03. The molecule has 0 amide bonds. The molecule has 1 N–H and O–H groups in total. The molecule has 2 atom stereocenters. The Labute approximate surface area is 74.0 Å². The molecule has 0 bridgehead atoms. The Hall–Kier alpha value is -0.760. The van der Waals surface area contributed by atoms with Crippen LogP contribution in [0.15, 0.2) is 23.0 Å². The predicted octanol–water partition coefficient (Wildman–Crippen LogP) is 2.38. The number of hydrogen-bond acceptors (Lipinski definition) is 2. The summed E-state index contributed by atoms with van der Waals surface area (Å²) in [6.45, 7) is 4.41. The molecule has 0 fully saturated rings. The molecule has 0 spiro atoms. The van der Waals surface area contributed by atoms with Gasteiger partial charge in [-0.05, 0) is 37.9 Å². The van der Waals surface area contributed by atoms with Crippen LogP contribution < -0.4 is 5.32 Å². The summed E-state index contributed by atoms with van der Waals surface area (Å²) in [4.78, 5) is 0. The normalized spacial score (nSPS) is 15.9. The zero-order chi connectivity index (χ0) is 8.97. The van der Waals surface area contributed by atoms with E-state index in [0.29, 0.717) is 12.0 Å². The first-order chi connectivity index (χ1) is 5.74. The fourth-order valence-corrected chi connectivity index (χ4v) is 1.34. The average molecular weight is 167 g/mol. The number of nitrogens with one attached hydrogen (secondary N) is 1. The molecule has 0 aliphatic heterocycles. The van der Waals surface area contributed by atoms with Crippen LogP contribution in [0.4, 0.5) is 0 Å². The third-order valence-electron chi connectivity index (χ3n) is 2.31. The van der Waals surface area contributed by atoms with Gasteiger partial charge >= 0.3 is 0 Å².